The van der Waals surface area contributed by atoms with E-state index in [1.807, 2.05) is 0 Å². The number of hydrogen-bond donors (Lipinski definition) is 2. The number of benzene rings is 2. The smallest absolute Gasteiger partial charge is 0.263 e. The number of carbonyl (C=O) groups excluding carboxylic acids is 2. The summed E-state index contributed by atoms with van der Waals surface area (Å²) in [5.41, 5.74) is 0.791. The Morgan fingerprint density at radius 1 is 1.09 bits per heavy atom. The van der Waals surface area contributed by atoms with Crippen molar-refractivity contribution in [1.29, 1.82) is 0 Å². The Morgan fingerprint density at radius 2 is 1.81 bits per heavy atom. The number of carbonyl (C=O) groups is 2. The number of ether oxygens (including phenoxy) is 2. The molecule has 2 heterocycles. The highest BCUT2D eigenvalue weighted by atomic mass is 35.5. The maximum Gasteiger partial charge on any atom is 0.263 e. The van der Waals surface area contributed by atoms with E-state index in [-0.39, 0.29) is 24.3 Å². The van der Waals surface area contributed by atoms with Crippen LogP contribution in [0.5, 0.6) is 11.5 Å². The summed E-state index contributed by atoms with van der Waals surface area (Å²) >= 11 is 11.8. The monoisotopic (exact) mass is 477 g/mol. The summed E-state index contributed by atoms with van der Waals surface area (Å²) in [5, 5.41) is 7.51. The average Bonchev–Trinajstić information content (AvgIpc) is 2.79. The Morgan fingerprint density at radius 3 is 2.56 bits per heavy atom. The van der Waals surface area contributed by atoms with Gasteiger partial charge in [0.25, 0.3) is 5.91 Å². The highest BCUT2D eigenvalue weighted by Crippen LogP contribution is 2.31. The third-order valence-corrected chi connectivity index (χ3v) is 6.02. The lowest BCUT2D eigenvalue weighted by molar-refractivity contribution is -0.129. The largest absolute Gasteiger partial charge is 0.486 e. The lowest BCUT2D eigenvalue weighted by Crippen LogP contribution is -2.51. The van der Waals surface area contributed by atoms with E-state index in [0.717, 1.165) is 31.6 Å². The third-order valence-electron chi connectivity index (χ3n) is 5.53. The molecule has 2 aromatic carbocycles. The second kappa shape index (κ2) is 10.4. The van der Waals surface area contributed by atoms with E-state index in [0.29, 0.717) is 34.6 Å². The fourth-order valence-electron chi connectivity index (χ4n) is 3.81. The van der Waals surface area contributed by atoms with Gasteiger partial charge in [0.1, 0.15) is 18.1 Å². The van der Waals surface area contributed by atoms with Crippen LogP contribution in [0, 0.1) is 0 Å². The second-order valence-corrected chi connectivity index (χ2v) is 8.84. The molecular formula is C23H25Cl2N3O4. The van der Waals surface area contributed by atoms with E-state index in [1.165, 1.54) is 0 Å². The molecule has 0 unspecified atom stereocenters. The average molecular weight is 478 g/mol. The molecule has 0 aliphatic carbocycles. The van der Waals surface area contributed by atoms with Crippen LogP contribution in [0.3, 0.4) is 0 Å². The maximum atomic E-state index is 12.6. The molecule has 2 aliphatic heterocycles. The first-order valence-electron chi connectivity index (χ1n) is 10.6. The zero-order valence-electron chi connectivity index (χ0n) is 17.5. The Balaban J connectivity index is 1.17. The Bertz CT molecular complexity index is 962. The van der Waals surface area contributed by atoms with Gasteiger partial charge in [0.2, 0.25) is 0 Å². The molecule has 7 nitrogen and oxygen atoms in total. The first kappa shape index (κ1) is 22.7. The van der Waals surface area contributed by atoms with Crippen molar-refractivity contribution in [2.45, 2.75) is 25.0 Å². The van der Waals surface area contributed by atoms with Crippen LogP contribution in [0.2, 0.25) is 10.0 Å². The van der Waals surface area contributed by atoms with E-state index in [2.05, 4.69) is 15.5 Å². The molecule has 1 atom stereocenters. The quantitative estimate of drug-likeness (QED) is 0.635. The summed E-state index contributed by atoms with van der Waals surface area (Å²) in [4.78, 5) is 27.0. The van der Waals surface area contributed by atoms with Crippen LogP contribution in [-0.2, 0) is 9.59 Å². The molecule has 0 radical (unpaired) electrons. The summed E-state index contributed by atoms with van der Waals surface area (Å²) in [6, 6.07) is 12.3. The van der Waals surface area contributed by atoms with E-state index >= 15 is 0 Å². The SMILES string of the molecule is O=C(COc1ccc(Cl)cc1)CN1CCC(NC(=O)[C@@H]2CNc3cc(Cl)ccc3O2)CC1. The van der Waals surface area contributed by atoms with Crippen LogP contribution in [0.15, 0.2) is 42.5 Å². The number of halogens is 2. The minimum absolute atomic E-state index is 0.0166. The summed E-state index contributed by atoms with van der Waals surface area (Å²) in [6.07, 6.45) is 0.973. The molecule has 0 saturated carbocycles. The summed E-state index contributed by atoms with van der Waals surface area (Å²) in [5.74, 6) is 1.12. The predicted octanol–water partition coefficient (Wildman–Crippen LogP) is 3.40. The fourth-order valence-corrected chi connectivity index (χ4v) is 4.10. The normalized spacial score (nSPS) is 18.8. The molecule has 170 valence electrons. The second-order valence-electron chi connectivity index (χ2n) is 7.97. The maximum absolute atomic E-state index is 12.6. The van der Waals surface area contributed by atoms with Gasteiger partial charge in [0.05, 0.1) is 18.8 Å². The van der Waals surface area contributed by atoms with Gasteiger partial charge in [-0.1, -0.05) is 23.2 Å². The van der Waals surface area contributed by atoms with Gasteiger partial charge in [-0.15, -0.1) is 0 Å². The van der Waals surface area contributed by atoms with Crippen molar-refractivity contribution in [3.63, 3.8) is 0 Å². The number of piperidine rings is 1. The van der Waals surface area contributed by atoms with Gasteiger partial charge in [-0.25, -0.2) is 0 Å². The molecule has 4 rings (SSSR count). The van der Waals surface area contributed by atoms with Crippen LogP contribution in [0.4, 0.5) is 5.69 Å². The molecule has 2 aromatic rings. The molecule has 0 spiro atoms. The molecule has 0 bridgehead atoms. The lowest BCUT2D eigenvalue weighted by Gasteiger charge is -2.33. The van der Waals surface area contributed by atoms with Gasteiger partial charge < -0.3 is 20.1 Å². The number of fused-ring (bicyclic) bond motifs is 1. The Hall–Kier alpha value is -2.48. The molecule has 1 saturated heterocycles. The van der Waals surface area contributed by atoms with Crippen molar-refractivity contribution in [3.05, 3.63) is 52.5 Å². The van der Waals surface area contributed by atoms with Crippen molar-refractivity contribution >= 4 is 40.6 Å². The number of anilines is 1. The number of nitrogens with zero attached hydrogens (tertiary/aromatic N) is 1. The first-order valence-corrected chi connectivity index (χ1v) is 11.3. The Labute approximate surface area is 197 Å². The minimum atomic E-state index is -0.590. The van der Waals surface area contributed by atoms with Crippen molar-refractivity contribution < 1.29 is 19.1 Å². The summed E-state index contributed by atoms with van der Waals surface area (Å²) in [6.45, 7) is 2.23. The number of nitrogens with one attached hydrogen (secondary N) is 2. The molecule has 1 amide bonds. The zero-order chi connectivity index (χ0) is 22.5. The van der Waals surface area contributed by atoms with Gasteiger partial charge in [-0.05, 0) is 55.3 Å². The van der Waals surface area contributed by atoms with Crippen molar-refractivity contribution in [3.8, 4) is 11.5 Å². The Kier molecular flexibility index (Phi) is 7.40. The predicted molar refractivity (Wildman–Crippen MR) is 124 cm³/mol. The number of ketones is 1. The number of hydrogen-bond acceptors (Lipinski definition) is 6. The van der Waals surface area contributed by atoms with Gasteiger partial charge in [0, 0.05) is 29.2 Å². The van der Waals surface area contributed by atoms with Crippen LogP contribution >= 0.6 is 23.2 Å². The van der Waals surface area contributed by atoms with Crippen LogP contribution < -0.4 is 20.1 Å². The van der Waals surface area contributed by atoms with Gasteiger partial charge in [-0.3, -0.25) is 14.5 Å². The topological polar surface area (TPSA) is 79.9 Å². The van der Waals surface area contributed by atoms with Crippen LogP contribution in [-0.4, -0.2) is 61.5 Å². The summed E-state index contributed by atoms with van der Waals surface area (Å²) < 4.78 is 11.3. The number of likely N-dealkylation sites (tertiary alicyclic amines) is 1. The van der Waals surface area contributed by atoms with E-state index in [4.69, 9.17) is 32.7 Å². The van der Waals surface area contributed by atoms with Crippen molar-refractivity contribution in [1.82, 2.24) is 10.2 Å². The molecule has 0 aromatic heterocycles. The molecule has 1 fully saturated rings. The van der Waals surface area contributed by atoms with Gasteiger partial charge in [-0.2, -0.15) is 0 Å². The van der Waals surface area contributed by atoms with E-state index in [1.54, 1.807) is 42.5 Å². The lowest BCUT2D eigenvalue weighted by atomic mass is 10.0. The van der Waals surface area contributed by atoms with Crippen molar-refractivity contribution in [2.24, 2.45) is 0 Å². The minimum Gasteiger partial charge on any atom is -0.486 e. The van der Waals surface area contributed by atoms with E-state index < -0.39 is 6.10 Å². The van der Waals surface area contributed by atoms with Crippen LogP contribution in [0.25, 0.3) is 0 Å². The number of amides is 1. The zero-order valence-corrected chi connectivity index (χ0v) is 19.0. The molecule has 2 aliphatic rings. The van der Waals surface area contributed by atoms with Crippen molar-refractivity contribution in [2.75, 3.05) is 38.1 Å². The molecule has 9 heteroatoms. The number of rotatable bonds is 7. The third kappa shape index (κ3) is 6.06. The fraction of sp³-hybridized carbons (Fsp3) is 0.391. The van der Waals surface area contributed by atoms with Crippen LogP contribution in [0.1, 0.15) is 12.8 Å². The molecule has 2 N–H and O–H groups in total. The highest BCUT2D eigenvalue weighted by Gasteiger charge is 2.29. The van der Waals surface area contributed by atoms with Gasteiger partial charge >= 0.3 is 0 Å². The van der Waals surface area contributed by atoms with E-state index in [9.17, 15) is 9.59 Å². The molecular weight excluding hydrogens is 453 g/mol. The summed E-state index contributed by atoms with van der Waals surface area (Å²) in [7, 11) is 0. The highest BCUT2D eigenvalue weighted by molar-refractivity contribution is 6.31. The first-order chi connectivity index (χ1) is 15.5. The van der Waals surface area contributed by atoms with Gasteiger partial charge in [0.15, 0.2) is 11.9 Å². The standard InChI is InChI=1S/C23H25Cl2N3O4/c24-15-1-4-19(5-2-15)31-14-18(29)13-28-9-7-17(8-10-28)27-23(30)22-12-26-20-11-16(25)3-6-21(20)32-22/h1-6,11,17,22,26H,7-10,12-14H2,(H,27,30)/t22-/m0/s1. The molecule has 32 heavy (non-hydrogen) atoms. The number of Topliss-reactive ketones (excluding diaryl/α,β-unsaturated/α-hetero) is 1.